The van der Waals surface area contributed by atoms with Crippen molar-refractivity contribution in [1.82, 2.24) is 0 Å². The molecule has 0 spiro atoms. The number of esters is 2. The fourth-order valence-corrected chi connectivity index (χ4v) is 2.99. The molecule has 2 rings (SSSR count). The summed E-state index contributed by atoms with van der Waals surface area (Å²) in [6.45, 7) is 5.08. The predicted octanol–water partition coefficient (Wildman–Crippen LogP) is 2.93. The van der Waals surface area contributed by atoms with Crippen LogP contribution < -0.4 is 5.32 Å². The van der Waals surface area contributed by atoms with E-state index in [0.717, 1.165) is 10.4 Å². The third-order valence-electron chi connectivity index (χ3n) is 3.17. The molecule has 2 heterocycles. The highest BCUT2D eigenvalue weighted by Gasteiger charge is 2.22. The Hall–Kier alpha value is -2.61. The number of furan rings is 1. The molecule has 0 aliphatic heterocycles. The molecule has 0 aliphatic rings. The Morgan fingerprint density at radius 3 is 2.58 bits per heavy atom. The molecule has 0 fully saturated rings. The molecule has 0 atom stereocenters. The number of rotatable bonds is 6. The minimum atomic E-state index is -0.737. The van der Waals surface area contributed by atoms with E-state index < -0.39 is 24.5 Å². The van der Waals surface area contributed by atoms with Crippen LogP contribution in [-0.2, 0) is 14.3 Å². The first-order valence-corrected chi connectivity index (χ1v) is 8.03. The number of amides is 1. The molecule has 0 unspecified atom stereocenters. The molecule has 24 heavy (non-hydrogen) atoms. The summed E-state index contributed by atoms with van der Waals surface area (Å²) < 4.78 is 14.7. The third kappa shape index (κ3) is 4.02. The van der Waals surface area contributed by atoms with Crippen LogP contribution in [0.4, 0.5) is 5.00 Å². The Labute approximate surface area is 142 Å². The Morgan fingerprint density at radius 1 is 1.21 bits per heavy atom. The van der Waals surface area contributed by atoms with Gasteiger partial charge in [-0.1, -0.05) is 0 Å². The van der Waals surface area contributed by atoms with E-state index in [2.05, 4.69) is 5.32 Å². The molecule has 0 bridgehead atoms. The summed E-state index contributed by atoms with van der Waals surface area (Å²) in [6.07, 6.45) is 1.33. The van der Waals surface area contributed by atoms with Crippen molar-refractivity contribution >= 4 is 34.2 Å². The molecule has 0 saturated heterocycles. The van der Waals surface area contributed by atoms with Gasteiger partial charge in [-0.05, 0) is 38.5 Å². The summed E-state index contributed by atoms with van der Waals surface area (Å²) in [5.41, 5.74) is 1.08. The number of ether oxygens (including phenoxy) is 2. The lowest BCUT2D eigenvalue weighted by atomic mass is 10.1. The molecule has 2 aromatic rings. The van der Waals surface area contributed by atoms with Crippen molar-refractivity contribution < 1.29 is 28.3 Å². The number of thiophene rings is 1. The maximum atomic E-state index is 12.0. The molecule has 0 radical (unpaired) electrons. The lowest BCUT2D eigenvalue weighted by Gasteiger charge is -2.07. The molecule has 2 aromatic heterocycles. The van der Waals surface area contributed by atoms with E-state index >= 15 is 0 Å². The van der Waals surface area contributed by atoms with E-state index in [1.807, 2.05) is 6.92 Å². The lowest BCUT2D eigenvalue weighted by Crippen LogP contribution is -2.21. The average Bonchev–Trinajstić information content (AvgIpc) is 3.15. The summed E-state index contributed by atoms with van der Waals surface area (Å²) >= 11 is 1.26. The van der Waals surface area contributed by atoms with Gasteiger partial charge in [0.15, 0.2) is 6.61 Å². The average molecular weight is 351 g/mol. The first kappa shape index (κ1) is 17.7. The first-order chi connectivity index (χ1) is 11.4. The minimum Gasteiger partial charge on any atom is -0.462 e. The molecule has 8 heteroatoms. The number of nitrogens with one attached hydrogen (secondary N) is 1. The zero-order valence-electron chi connectivity index (χ0n) is 13.5. The normalized spacial score (nSPS) is 10.3. The van der Waals surface area contributed by atoms with Crippen LogP contribution in [0.5, 0.6) is 0 Å². The van der Waals surface area contributed by atoms with E-state index in [1.54, 1.807) is 19.9 Å². The fourth-order valence-electron chi connectivity index (χ4n) is 1.92. The standard InChI is InChI=1S/C16H17NO6S/c1-4-21-16(20)13-9(2)10(3)24-14(13)17-12(18)8-23-15(19)11-6-5-7-22-11/h5-7H,4,8H2,1-3H3,(H,17,18). The van der Waals surface area contributed by atoms with Gasteiger partial charge in [0.1, 0.15) is 5.00 Å². The second kappa shape index (κ2) is 7.78. The summed E-state index contributed by atoms with van der Waals surface area (Å²) in [5, 5.41) is 2.96. The van der Waals surface area contributed by atoms with Crippen LogP contribution in [0.2, 0.25) is 0 Å². The SMILES string of the molecule is CCOC(=O)c1c(NC(=O)COC(=O)c2ccco2)sc(C)c1C. The first-order valence-electron chi connectivity index (χ1n) is 7.21. The number of aryl methyl sites for hydroxylation is 1. The monoisotopic (exact) mass is 351 g/mol. The van der Waals surface area contributed by atoms with Gasteiger partial charge in [-0.2, -0.15) is 0 Å². The summed E-state index contributed by atoms with van der Waals surface area (Å²) in [7, 11) is 0. The molecule has 1 amide bonds. The van der Waals surface area contributed by atoms with Gasteiger partial charge < -0.3 is 19.2 Å². The predicted molar refractivity (Wildman–Crippen MR) is 87.4 cm³/mol. The van der Waals surface area contributed by atoms with Crippen molar-refractivity contribution in [2.24, 2.45) is 0 Å². The number of hydrogen-bond donors (Lipinski definition) is 1. The van der Waals surface area contributed by atoms with Gasteiger partial charge in [-0.3, -0.25) is 4.79 Å². The van der Waals surface area contributed by atoms with Crippen molar-refractivity contribution in [2.75, 3.05) is 18.5 Å². The van der Waals surface area contributed by atoms with Crippen LogP contribution in [-0.4, -0.2) is 31.1 Å². The maximum Gasteiger partial charge on any atom is 0.374 e. The molecule has 0 aromatic carbocycles. The summed E-state index contributed by atoms with van der Waals surface area (Å²) in [5.74, 6) is -1.78. The number of carbonyl (C=O) groups is 3. The van der Waals surface area contributed by atoms with Crippen molar-refractivity contribution in [3.8, 4) is 0 Å². The molecule has 7 nitrogen and oxygen atoms in total. The maximum absolute atomic E-state index is 12.0. The van der Waals surface area contributed by atoms with Crippen molar-refractivity contribution in [1.29, 1.82) is 0 Å². The van der Waals surface area contributed by atoms with Crippen LogP contribution in [0.25, 0.3) is 0 Å². The Balaban J connectivity index is 2.02. The van der Waals surface area contributed by atoms with Gasteiger partial charge in [0, 0.05) is 4.88 Å². The Kier molecular flexibility index (Phi) is 5.75. The number of carbonyl (C=O) groups excluding carboxylic acids is 3. The highest BCUT2D eigenvalue weighted by Crippen LogP contribution is 2.33. The van der Waals surface area contributed by atoms with Crippen LogP contribution in [0, 0.1) is 13.8 Å². The molecule has 128 valence electrons. The zero-order valence-corrected chi connectivity index (χ0v) is 14.3. The minimum absolute atomic E-state index is 0.0119. The molecular weight excluding hydrogens is 334 g/mol. The quantitative estimate of drug-likeness (QED) is 0.804. The van der Waals surface area contributed by atoms with E-state index in [1.165, 1.54) is 23.7 Å². The summed E-state index contributed by atoms with van der Waals surface area (Å²) in [6, 6.07) is 2.98. The second-order valence-electron chi connectivity index (χ2n) is 4.81. The van der Waals surface area contributed by atoms with Gasteiger partial charge in [0.05, 0.1) is 18.4 Å². The largest absolute Gasteiger partial charge is 0.462 e. The smallest absolute Gasteiger partial charge is 0.374 e. The van der Waals surface area contributed by atoms with Gasteiger partial charge in [-0.15, -0.1) is 11.3 Å². The van der Waals surface area contributed by atoms with Gasteiger partial charge >= 0.3 is 11.9 Å². The van der Waals surface area contributed by atoms with Gasteiger partial charge in [0.2, 0.25) is 5.76 Å². The van der Waals surface area contributed by atoms with E-state index in [-0.39, 0.29) is 12.4 Å². The van der Waals surface area contributed by atoms with Crippen LogP contribution in [0.3, 0.4) is 0 Å². The van der Waals surface area contributed by atoms with Crippen LogP contribution >= 0.6 is 11.3 Å². The van der Waals surface area contributed by atoms with E-state index in [4.69, 9.17) is 13.9 Å². The highest BCUT2D eigenvalue weighted by atomic mass is 32.1. The van der Waals surface area contributed by atoms with Gasteiger partial charge in [-0.25, -0.2) is 9.59 Å². The lowest BCUT2D eigenvalue weighted by molar-refractivity contribution is -0.119. The second-order valence-corrected chi connectivity index (χ2v) is 6.03. The summed E-state index contributed by atoms with van der Waals surface area (Å²) in [4.78, 5) is 36.5. The molecular formula is C16H17NO6S. The topological polar surface area (TPSA) is 94.8 Å². The Bertz CT molecular complexity index is 747. The molecule has 0 aliphatic carbocycles. The van der Waals surface area contributed by atoms with Crippen molar-refractivity contribution in [3.05, 3.63) is 40.2 Å². The van der Waals surface area contributed by atoms with Crippen molar-refractivity contribution in [2.45, 2.75) is 20.8 Å². The Morgan fingerprint density at radius 2 is 1.96 bits per heavy atom. The van der Waals surface area contributed by atoms with Crippen molar-refractivity contribution in [3.63, 3.8) is 0 Å². The van der Waals surface area contributed by atoms with E-state index in [9.17, 15) is 14.4 Å². The molecule has 0 saturated carbocycles. The van der Waals surface area contributed by atoms with E-state index in [0.29, 0.717) is 10.6 Å². The third-order valence-corrected chi connectivity index (χ3v) is 4.30. The number of hydrogen-bond acceptors (Lipinski definition) is 7. The van der Waals surface area contributed by atoms with Gasteiger partial charge in [0.25, 0.3) is 5.91 Å². The van der Waals surface area contributed by atoms with Crippen LogP contribution in [0.1, 0.15) is 38.3 Å². The fraction of sp³-hybridized carbons (Fsp3) is 0.312. The molecule has 1 N–H and O–H groups in total. The van der Waals surface area contributed by atoms with Crippen LogP contribution in [0.15, 0.2) is 22.8 Å². The highest BCUT2D eigenvalue weighted by molar-refractivity contribution is 7.16. The zero-order chi connectivity index (χ0) is 17.7. The number of anilines is 1.